The van der Waals surface area contributed by atoms with Crippen LogP contribution in [0.5, 0.6) is 0 Å². The van der Waals surface area contributed by atoms with Crippen molar-refractivity contribution < 1.29 is 0 Å². The molecule has 0 atom stereocenters. The molecule has 1 aliphatic heterocycles. The van der Waals surface area contributed by atoms with Crippen LogP contribution in [0.1, 0.15) is 5.56 Å². The predicted molar refractivity (Wildman–Crippen MR) is 90.5 cm³/mol. The lowest BCUT2D eigenvalue weighted by atomic mass is 10.2. The quantitative estimate of drug-likeness (QED) is 0.938. The largest absolute Gasteiger partial charge is 0.354 e. The van der Waals surface area contributed by atoms with Crippen molar-refractivity contribution in [1.82, 2.24) is 14.9 Å². The van der Waals surface area contributed by atoms with Crippen molar-refractivity contribution in [2.75, 3.05) is 43.4 Å². The molecule has 0 spiro atoms. The van der Waals surface area contributed by atoms with Gasteiger partial charge in [-0.25, -0.2) is 4.98 Å². The van der Waals surface area contributed by atoms with Crippen molar-refractivity contribution in [2.24, 2.45) is 0 Å². The Hall–Kier alpha value is -1.85. The molecule has 0 radical (unpaired) electrons. The van der Waals surface area contributed by atoms with Crippen molar-refractivity contribution in [3.05, 3.63) is 47.1 Å². The van der Waals surface area contributed by atoms with Crippen LogP contribution in [0, 0.1) is 0 Å². The number of nitrogens with zero attached hydrogens (tertiary/aromatic N) is 4. The first kappa shape index (κ1) is 15.1. The first-order chi connectivity index (χ1) is 10.7. The summed E-state index contributed by atoms with van der Waals surface area (Å²) in [6.45, 7) is 4.74. The van der Waals surface area contributed by atoms with Crippen molar-refractivity contribution >= 4 is 23.4 Å². The molecule has 0 unspecified atom stereocenters. The van der Waals surface area contributed by atoms with Gasteiger partial charge in [-0.05, 0) is 24.7 Å². The third-order valence-electron chi connectivity index (χ3n) is 3.86. The number of aromatic nitrogens is 2. The summed E-state index contributed by atoms with van der Waals surface area (Å²) in [5.41, 5.74) is 1.04. The maximum Gasteiger partial charge on any atom is 0.224 e. The molecule has 116 valence electrons. The van der Waals surface area contributed by atoms with Crippen LogP contribution in [0.25, 0.3) is 0 Å². The third kappa shape index (κ3) is 3.67. The summed E-state index contributed by atoms with van der Waals surface area (Å²) < 4.78 is 0. The molecule has 6 heteroatoms. The number of benzene rings is 1. The summed E-state index contributed by atoms with van der Waals surface area (Å²) >= 11 is 6.16. The molecule has 0 amide bonds. The molecule has 2 heterocycles. The molecule has 2 aromatic rings. The zero-order valence-electron chi connectivity index (χ0n) is 12.7. The number of hydrogen-bond acceptors (Lipinski definition) is 5. The number of anilines is 2. The number of nitrogens with one attached hydrogen (secondary N) is 1. The summed E-state index contributed by atoms with van der Waals surface area (Å²) in [7, 11) is 2.15. The highest BCUT2D eigenvalue weighted by molar-refractivity contribution is 6.31. The van der Waals surface area contributed by atoms with Crippen molar-refractivity contribution in [2.45, 2.75) is 6.54 Å². The Labute approximate surface area is 135 Å². The molecule has 22 heavy (non-hydrogen) atoms. The minimum absolute atomic E-state index is 0.617. The Morgan fingerprint density at radius 1 is 1.14 bits per heavy atom. The van der Waals surface area contributed by atoms with E-state index in [0.29, 0.717) is 12.5 Å². The number of likely N-dealkylation sites (N-methyl/N-ethyl adjacent to an activating group) is 1. The normalized spacial score (nSPS) is 15.8. The summed E-state index contributed by atoms with van der Waals surface area (Å²) in [5, 5.41) is 4.00. The molecule has 1 N–H and O–H groups in total. The minimum Gasteiger partial charge on any atom is -0.354 e. The Kier molecular flexibility index (Phi) is 4.75. The fourth-order valence-electron chi connectivity index (χ4n) is 2.46. The van der Waals surface area contributed by atoms with Crippen LogP contribution in [-0.4, -0.2) is 48.1 Å². The summed E-state index contributed by atoms with van der Waals surface area (Å²) in [4.78, 5) is 13.5. The molecule has 1 aromatic carbocycles. The van der Waals surface area contributed by atoms with Gasteiger partial charge in [0.25, 0.3) is 0 Å². The Morgan fingerprint density at radius 3 is 2.68 bits per heavy atom. The molecule has 1 fully saturated rings. The van der Waals surface area contributed by atoms with Gasteiger partial charge < -0.3 is 15.1 Å². The van der Waals surface area contributed by atoms with Crippen LogP contribution >= 0.6 is 11.6 Å². The second-order valence-corrected chi connectivity index (χ2v) is 5.88. The van der Waals surface area contributed by atoms with Gasteiger partial charge in [-0.2, -0.15) is 4.98 Å². The lowest BCUT2D eigenvalue weighted by Crippen LogP contribution is -2.44. The number of halogens is 1. The van der Waals surface area contributed by atoms with Crippen LogP contribution in [0.15, 0.2) is 36.5 Å². The fraction of sp³-hybridized carbons (Fsp3) is 0.375. The van der Waals surface area contributed by atoms with Crippen LogP contribution < -0.4 is 10.2 Å². The Balaban J connectivity index is 1.65. The third-order valence-corrected chi connectivity index (χ3v) is 4.23. The summed E-state index contributed by atoms with van der Waals surface area (Å²) in [6, 6.07) is 9.76. The van der Waals surface area contributed by atoms with E-state index in [1.165, 1.54) is 0 Å². The second-order valence-electron chi connectivity index (χ2n) is 5.47. The van der Waals surface area contributed by atoms with E-state index < -0.39 is 0 Å². The van der Waals surface area contributed by atoms with E-state index in [1.807, 2.05) is 30.3 Å². The SMILES string of the molecule is CN1CCN(c2ccnc(NCc3ccccc3Cl)n2)CC1. The molecule has 0 aliphatic carbocycles. The maximum atomic E-state index is 6.16. The highest BCUT2D eigenvalue weighted by Crippen LogP contribution is 2.17. The first-order valence-electron chi connectivity index (χ1n) is 7.46. The Bertz CT molecular complexity index is 625. The lowest BCUT2D eigenvalue weighted by Gasteiger charge is -2.33. The van der Waals surface area contributed by atoms with Crippen molar-refractivity contribution in [3.8, 4) is 0 Å². The smallest absolute Gasteiger partial charge is 0.224 e. The highest BCUT2D eigenvalue weighted by atomic mass is 35.5. The molecular weight excluding hydrogens is 298 g/mol. The monoisotopic (exact) mass is 317 g/mol. The summed E-state index contributed by atoms with van der Waals surface area (Å²) in [5.74, 6) is 1.61. The topological polar surface area (TPSA) is 44.3 Å². The van der Waals surface area contributed by atoms with Crippen LogP contribution in [0.4, 0.5) is 11.8 Å². The van der Waals surface area contributed by atoms with Crippen LogP contribution in [0.2, 0.25) is 5.02 Å². The van der Waals surface area contributed by atoms with Gasteiger partial charge in [-0.3, -0.25) is 0 Å². The van der Waals surface area contributed by atoms with Crippen LogP contribution in [0.3, 0.4) is 0 Å². The van der Waals surface area contributed by atoms with Gasteiger partial charge in [0.1, 0.15) is 5.82 Å². The summed E-state index contributed by atoms with van der Waals surface area (Å²) in [6.07, 6.45) is 1.80. The first-order valence-corrected chi connectivity index (χ1v) is 7.84. The zero-order valence-corrected chi connectivity index (χ0v) is 13.4. The fourth-order valence-corrected chi connectivity index (χ4v) is 2.66. The molecule has 3 rings (SSSR count). The van der Waals surface area contributed by atoms with Gasteiger partial charge in [0.15, 0.2) is 0 Å². The number of rotatable bonds is 4. The van der Waals surface area contributed by atoms with E-state index in [9.17, 15) is 0 Å². The van der Waals surface area contributed by atoms with E-state index >= 15 is 0 Å². The molecule has 1 aromatic heterocycles. The minimum atomic E-state index is 0.617. The number of hydrogen-bond donors (Lipinski definition) is 1. The molecule has 1 saturated heterocycles. The van der Waals surface area contributed by atoms with Gasteiger partial charge in [0.2, 0.25) is 5.95 Å². The van der Waals surface area contributed by atoms with E-state index in [1.54, 1.807) is 6.20 Å². The number of piperazine rings is 1. The van der Waals surface area contributed by atoms with E-state index in [-0.39, 0.29) is 0 Å². The van der Waals surface area contributed by atoms with E-state index in [2.05, 4.69) is 32.1 Å². The second kappa shape index (κ2) is 6.94. The zero-order chi connectivity index (χ0) is 15.4. The molecule has 0 saturated carbocycles. The van der Waals surface area contributed by atoms with Gasteiger partial charge in [-0.1, -0.05) is 29.8 Å². The standard InChI is InChI=1S/C16H20ClN5/c1-21-8-10-22(11-9-21)15-6-7-18-16(20-15)19-12-13-4-2-3-5-14(13)17/h2-7H,8-12H2,1H3,(H,18,19,20). The van der Waals surface area contributed by atoms with Gasteiger partial charge in [0, 0.05) is 43.9 Å². The van der Waals surface area contributed by atoms with E-state index in [4.69, 9.17) is 11.6 Å². The highest BCUT2D eigenvalue weighted by Gasteiger charge is 2.15. The van der Waals surface area contributed by atoms with Gasteiger partial charge in [0.05, 0.1) is 0 Å². The average Bonchev–Trinajstić information content (AvgIpc) is 2.55. The maximum absolute atomic E-state index is 6.16. The lowest BCUT2D eigenvalue weighted by molar-refractivity contribution is 0.312. The molecule has 5 nitrogen and oxygen atoms in total. The van der Waals surface area contributed by atoms with Crippen LogP contribution in [-0.2, 0) is 6.54 Å². The molecule has 1 aliphatic rings. The van der Waals surface area contributed by atoms with Gasteiger partial charge >= 0.3 is 0 Å². The predicted octanol–water partition coefficient (Wildman–Crippen LogP) is 2.49. The Morgan fingerprint density at radius 2 is 1.91 bits per heavy atom. The van der Waals surface area contributed by atoms with Gasteiger partial charge in [-0.15, -0.1) is 0 Å². The van der Waals surface area contributed by atoms with Crippen molar-refractivity contribution in [3.63, 3.8) is 0 Å². The molecular formula is C16H20ClN5. The average molecular weight is 318 g/mol. The molecule has 0 bridgehead atoms. The van der Waals surface area contributed by atoms with Crippen molar-refractivity contribution in [1.29, 1.82) is 0 Å². The van der Waals surface area contributed by atoms with E-state index in [0.717, 1.165) is 42.6 Å².